The van der Waals surface area contributed by atoms with Gasteiger partial charge in [0, 0.05) is 17.0 Å². The first kappa shape index (κ1) is 14.9. The molecule has 1 fully saturated rings. The van der Waals surface area contributed by atoms with Crippen LogP contribution < -0.4 is 5.32 Å². The summed E-state index contributed by atoms with van der Waals surface area (Å²) in [7, 11) is 2.09. The van der Waals surface area contributed by atoms with Crippen molar-refractivity contribution in [3.05, 3.63) is 35.4 Å². The molecule has 1 aliphatic rings. The van der Waals surface area contributed by atoms with Gasteiger partial charge in [0.1, 0.15) is 0 Å². The highest BCUT2D eigenvalue weighted by Gasteiger charge is 2.17. The Kier molecular flexibility index (Phi) is 6.25. The Bertz CT molecular complexity index is 371. The molecule has 2 rings (SSSR count). The molecule has 1 atom stereocenters. The van der Waals surface area contributed by atoms with E-state index >= 15 is 0 Å². The second-order valence-corrected chi connectivity index (χ2v) is 6.87. The molecule has 19 heavy (non-hydrogen) atoms. The van der Waals surface area contributed by atoms with Gasteiger partial charge in [-0.1, -0.05) is 50.5 Å². The molecule has 1 aromatic carbocycles. The second-order valence-electron chi connectivity index (χ2n) is 5.53. The molecule has 0 bridgehead atoms. The minimum Gasteiger partial charge on any atom is -0.312 e. The minimum atomic E-state index is 0.499. The van der Waals surface area contributed by atoms with Crippen molar-refractivity contribution >= 4 is 11.8 Å². The van der Waals surface area contributed by atoms with Crippen molar-refractivity contribution in [3.8, 4) is 0 Å². The summed E-state index contributed by atoms with van der Waals surface area (Å²) in [6.07, 6.45) is 8.30. The second kappa shape index (κ2) is 7.96. The van der Waals surface area contributed by atoms with Gasteiger partial charge in [-0.25, -0.2) is 0 Å². The normalized spacial score (nSPS) is 18.4. The van der Waals surface area contributed by atoms with Gasteiger partial charge in [0.05, 0.1) is 0 Å². The molecule has 1 aromatic rings. The van der Waals surface area contributed by atoms with Crippen molar-refractivity contribution in [1.29, 1.82) is 0 Å². The fourth-order valence-corrected chi connectivity index (χ4v) is 4.33. The molecule has 0 amide bonds. The lowest BCUT2D eigenvalue weighted by Crippen LogP contribution is -2.21. The standard InChI is InChI=1S/C17H27NS/c1-3-14-8-7-9-15(12-14)17(18-2)13-19-16-10-5-4-6-11-16/h7-9,12,16-18H,3-6,10-11,13H2,1-2H3. The average molecular weight is 277 g/mol. The topological polar surface area (TPSA) is 12.0 Å². The highest BCUT2D eigenvalue weighted by atomic mass is 32.2. The van der Waals surface area contributed by atoms with E-state index in [1.165, 1.54) is 49.0 Å². The van der Waals surface area contributed by atoms with E-state index in [0.717, 1.165) is 11.7 Å². The molecule has 1 saturated carbocycles. The Morgan fingerprint density at radius 1 is 1.26 bits per heavy atom. The molecule has 0 spiro atoms. The molecule has 106 valence electrons. The van der Waals surface area contributed by atoms with Crippen molar-refractivity contribution in [1.82, 2.24) is 5.32 Å². The van der Waals surface area contributed by atoms with Gasteiger partial charge in [-0.15, -0.1) is 0 Å². The first-order valence-electron chi connectivity index (χ1n) is 7.71. The molecule has 0 aromatic heterocycles. The predicted octanol–water partition coefficient (Wildman–Crippen LogP) is 4.58. The lowest BCUT2D eigenvalue weighted by Gasteiger charge is -2.24. The third-order valence-corrected chi connectivity index (χ3v) is 5.63. The Labute approximate surface area is 122 Å². The Hall–Kier alpha value is -0.470. The fraction of sp³-hybridized carbons (Fsp3) is 0.647. The lowest BCUT2D eigenvalue weighted by atomic mass is 10.0. The summed E-state index contributed by atoms with van der Waals surface area (Å²) in [5, 5.41) is 4.39. The number of nitrogens with one attached hydrogen (secondary N) is 1. The van der Waals surface area contributed by atoms with Crippen LogP contribution in [-0.4, -0.2) is 18.1 Å². The van der Waals surface area contributed by atoms with Crippen LogP contribution in [0.25, 0.3) is 0 Å². The van der Waals surface area contributed by atoms with Crippen LogP contribution in [0.15, 0.2) is 24.3 Å². The summed E-state index contributed by atoms with van der Waals surface area (Å²) in [6.45, 7) is 2.23. The lowest BCUT2D eigenvalue weighted by molar-refractivity contribution is 0.514. The van der Waals surface area contributed by atoms with Crippen LogP contribution in [0.1, 0.15) is 56.2 Å². The summed E-state index contributed by atoms with van der Waals surface area (Å²) in [5.41, 5.74) is 2.89. The SMILES string of the molecule is CCc1cccc(C(CSC2CCCCC2)NC)c1. The Morgan fingerprint density at radius 3 is 2.74 bits per heavy atom. The molecule has 0 radical (unpaired) electrons. The van der Waals surface area contributed by atoms with E-state index in [-0.39, 0.29) is 0 Å². The third-order valence-electron chi connectivity index (χ3n) is 4.16. The maximum Gasteiger partial charge on any atom is 0.0409 e. The van der Waals surface area contributed by atoms with Crippen molar-refractivity contribution in [3.63, 3.8) is 0 Å². The van der Waals surface area contributed by atoms with Gasteiger partial charge in [0.15, 0.2) is 0 Å². The van der Waals surface area contributed by atoms with Crippen LogP contribution in [-0.2, 0) is 6.42 Å². The molecular weight excluding hydrogens is 250 g/mol. The van der Waals surface area contributed by atoms with Crippen LogP contribution in [0.2, 0.25) is 0 Å². The van der Waals surface area contributed by atoms with Crippen LogP contribution >= 0.6 is 11.8 Å². The fourth-order valence-electron chi connectivity index (χ4n) is 2.84. The highest BCUT2D eigenvalue weighted by Crippen LogP contribution is 2.31. The zero-order valence-electron chi connectivity index (χ0n) is 12.3. The summed E-state index contributed by atoms with van der Waals surface area (Å²) < 4.78 is 0. The van der Waals surface area contributed by atoms with Gasteiger partial charge in [0.25, 0.3) is 0 Å². The number of aryl methyl sites for hydroxylation is 1. The maximum atomic E-state index is 3.49. The van der Waals surface area contributed by atoms with E-state index in [9.17, 15) is 0 Å². The molecule has 0 saturated heterocycles. The maximum absolute atomic E-state index is 3.49. The van der Waals surface area contributed by atoms with Gasteiger partial charge in [0.2, 0.25) is 0 Å². The number of benzene rings is 1. The van der Waals surface area contributed by atoms with Crippen molar-refractivity contribution in [2.24, 2.45) is 0 Å². The third kappa shape index (κ3) is 4.54. The smallest absolute Gasteiger partial charge is 0.0409 e. The summed E-state index contributed by atoms with van der Waals surface area (Å²) in [5.74, 6) is 1.20. The average Bonchev–Trinajstić information content (AvgIpc) is 2.49. The Morgan fingerprint density at radius 2 is 2.05 bits per heavy atom. The van der Waals surface area contributed by atoms with Gasteiger partial charge in [-0.05, 0) is 37.4 Å². The Balaban J connectivity index is 1.91. The van der Waals surface area contributed by atoms with Crippen molar-refractivity contribution in [2.45, 2.75) is 56.7 Å². The largest absolute Gasteiger partial charge is 0.312 e. The monoisotopic (exact) mass is 277 g/mol. The minimum absolute atomic E-state index is 0.499. The first-order valence-corrected chi connectivity index (χ1v) is 8.76. The summed E-state index contributed by atoms with van der Waals surface area (Å²) in [6, 6.07) is 9.55. The zero-order valence-corrected chi connectivity index (χ0v) is 13.1. The van der Waals surface area contributed by atoms with E-state index in [4.69, 9.17) is 0 Å². The number of rotatable bonds is 6. The summed E-state index contributed by atoms with van der Waals surface area (Å²) >= 11 is 2.18. The summed E-state index contributed by atoms with van der Waals surface area (Å²) in [4.78, 5) is 0. The van der Waals surface area contributed by atoms with Crippen LogP contribution in [0, 0.1) is 0 Å². The number of hydrogen-bond acceptors (Lipinski definition) is 2. The zero-order chi connectivity index (χ0) is 13.5. The molecular formula is C17H27NS. The van der Waals surface area contributed by atoms with Crippen LogP contribution in [0.5, 0.6) is 0 Å². The molecule has 1 unspecified atom stereocenters. The molecule has 2 heteroatoms. The van der Waals surface area contributed by atoms with E-state index in [0.29, 0.717) is 6.04 Å². The number of thioether (sulfide) groups is 1. The highest BCUT2D eigenvalue weighted by molar-refractivity contribution is 7.99. The van der Waals surface area contributed by atoms with E-state index in [1.807, 2.05) is 0 Å². The van der Waals surface area contributed by atoms with Gasteiger partial charge in [-0.3, -0.25) is 0 Å². The van der Waals surface area contributed by atoms with Crippen LogP contribution in [0.4, 0.5) is 0 Å². The quantitative estimate of drug-likeness (QED) is 0.817. The van der Waals surface area contributed by atoms with E-state index in [2.05, 4.69) is 55.3 Å². The van der Waals surface area contributed by atoms with Gasteiger partial charge in [-0.2, -0.15) is 11.8 Å². The van der Waals surface area contributed by atoms with Crippen LogP contribution in [0.3, 0.4) is 0 Å². The molecule has 1 aliphatic carbocycles. The van der Waals surface area contributed by atoms with E-state index in [1.54, 1.807) is 0 Å². The number of hydrogen-bond donors (Lipinski definition) is 1. The van der Waals surface area contributed by atoms with Crippen molar-refractivity contribution < 1.29 is 0 Å². The van der Waals surface area contributed by atoms with Gasteiger partial charge < -0.3 is 5.32 Å². The molecule has 1 nitrogen and oxygen atoms in total. The van der Waals surface area contributed by atoms with Crippen molar-refractivity contribution in [2.75, 3.05) is 12.8 Å². The molecule has 0 heterocycles. The van der Waals surface area contributed by atoms with E-state index < -0.39 is 0 Å². The van der Waals surface area contributed by atoms with Gasteiger partial charge >= 0.3 is 0 Å². The molecule has 0 aliphatic heterocycles. The first-order chi connectivity index (χ1) is 9.33. The predicted molar refractivity (Wildman–Crippen MR) is 87.0 cm³/mol. The molecule has 1 N–H and O–H groups in total.